The van der Waals surface area contributed by atoms with Crippen molar-refractivity contribution >= 4 is 17.4 Å². The van der Waals surface area contributed by atoms with Gasteiger partial charge in [0, 0.05) is 12.5 Å². The molecular formula is C27H36FN5O3. The molecule has 0 unspecified atom stereocenters. The molecule has 2 aromatic rings. The van der Waals surface area contributed by atoms with Crippen LogP contribution >= 0.6 is 0 Å². The standard InChI is InChI=1S/C27H36FN5O3/c1-5-18-25-21(12-27(3,4)13-22(25)34)33(32-18)16-10-17(28)24(26(30)35)20(11-16)31-19-8-6-7-9-23(19)36-15(2)14-29/h10-11,19,23,31H,2,5-9,12-14,29H2,1,3-4H3,(H2,30,35)/t19-,23-/m0/s1. The first-order valence-electron chi connectivity index (χ1n) is 12.6. The molecule has 2 aliphatic carbocycles. The van der Waals surface area contributed by atoms with Gasteiger partial charge in [-0.05, 0) is 43.6 Å². The number of fused-ring (bicyclic) bond motifs is 1. The number of nitrogens with zero attached hydrogens (tertiary/aromatic N) is 2. The van der Waals surface area contributed by atoms with E-state index in [0.29, 0.717) is 42.0 Å². The Morgan fingerprint density at radius 1 is 1.31 bits per heavy atom. The summed E-state index contributed by atoms with van der Waals surface area (Å²) in [4.78, 5) is 25.2. The van der Waals surface area contributed by atoms with Crippen molar-refractivity contribution in [1.82, 2.24) is 9.78 Å². The molecule has 1 aromatic heterocycles. The lowest BCUT2D eigenvalue weighted by Crippen LogP contribution is -2.39. The number of hydrogen-bond acceptors (Lipinski definition) is 6. The fourth-order valence-corrected chi connectivity index (χ4v) is 5.43. The van der Waals surface area contributed by atoms with E-state index in [-0.39, 0.29) is 41.1 Å². The molecule has 0 bridgehead atoms. The number of carbonyl (C=O) groups is 2. The molecule has 36 heavy (non-hydrogen) atoms. The van der Waals surface area contributed by atoms with Crippen molar-refractivity contribution in [2.45, 2.75) is 77.9 Å². The van der Waals surface area contributed by atoms with Gasteiger partial charge in [-0.3, -0.25) is 9.59 Å². The van der Waals surface area contributed by atoms with Crippen LogP contribution in [0.15, 0.2) is 24.5 Å². The number of hydrogen-bond donors (Lipinski definition) is 3. The molecule has 1 fully saturated rings. The average molecular weight is 498 g/mol. The second kappa shape index (κ2) is 10.0. The van der Waals surface area contributed by atoms with Gasteiger partial charge in [-0.25, -0.2) is 9.07 Å². The van der Waals surface area contributed by atoms with Crippen LogP contribution in [0.2, 0.25) is 0 Å². The minimum absolute atomic E-state index is 0.0549. The normalized spacial score (nSPS) is 21.1. The number of nitrogens with one attached hydrogen (secondary N) is 1. The molecule has 1 aromatic carbocycles. The summed E-state index contributed by atoms with van der Waals surface area (Å²) < 4.78 is 23.0. The highest BCUT2D eigenvalue weighted by molar-refractivity contribution is 6.00. The van der Waals surface area contributed by atoms with E-state index < -0.39 is 11.7 Å². The predicted octanol–water partition coefficient (Wildman–Crippen LogP) is 4.04. The Hall–Kier alpha value is -3.20. The number of primary amides is 1. The van der Waals surface area contributed by atoms with E-state index >= 15 is 4.39 Å². The van der Waals surface area contributed by atoms with Crippen molar-refractivity contribution in [2.24, 2.45) is 16.9 Å². The van der Waals surface area contributed by atoms with Gasteiger partial charge in [0.25, 0.3) is 5.91 Å². The van der Waals surface area contributed by atoms with Crippen LogP contribution in [0, 0.1) is 11.2 Å². The maximum Gasteiger partial charge on any atom is 0.253 e. The highest BCUT2D eigenvalue weighted by Crippen LogP contribution is 2.38. The Kier molecular flexibility index (Phi) is 7.22. The first-order valence-corrected chi connectivity index (χ1v) is 12.6. The van der Waals surface area contributed by atoms with E-state index in [2.05, 4.69) is 11.9 Å². The molecule has 194 valence electrons. The van der Waals surface area contributed by atoms with Gasteiger partial charge in [-0.2, -0.15) is 5.10 Å². The van der Waals surface area contributed by atoms with E-state index in [1.807, 2.05) is 20.8 Å². The monoisotopic (exact) mass is 497 g/mol. The molecule has 2 atom stereocenters. The largest absolute Gasteiger partial charge is 0.492 e. The van der Waals surface area contributed by atoms with E-state index in [1.54, 1.807) is 10.7 Å². The minimum atomic E-state index is -0.866. The van der Waals surface area contributed by atoms with E-state index in [9.17, 15) is 9.59 Å². The van der Waals surface area contributed by atoms with Crippen LogP contribution in [-0.2, 0) is 17.6 Å². The second-order valence-electron chi connectivity index (χ2n) is 10.6. The van der Waals surface area contributed by atoms with E-state index in [4.69, 9.17) is 21.3 Å². The molecule has 0 saturated heterocycles. The summed E-state index contributed by atoms with van der Waals surface area (Å²) in [6.45, 7) is 10.1. The number of amides is 1. The fraction of sp³-hybridized carbons (Fsp3) is 0.519. The summed E-state index contributed by atoms with van der Waals surface area (Å²) in [5, 5.41) is 8.03. The summed E-state index contributed by atoms with van der Waals surface area (Å²) in [5.74, 6) is -1.08. The SMILES string of the molecule is C=C(CN)O[C@H]1CCCC[C@@H]1Nc1cc(-n2nc(CC)c3c2CC(C)(C)CC3=O)cc(F)c1C(N)=O. The summed E-state index contributed by atoms with van der Waals surface area (Å²) >= 11 is 0. The number of nitrogens with two attached hydrogens (primary N) is 2. The molecule has 9 heteroatoms. The first-order chi connectivity index (χ1) is 17.0. The third-order valence-electron chi connectivity index (χ3n) is 7.11. The van der Waals surface area contributed by atoms with Gasteiger partial charge in [0.2, 0.25) is 0 Å². The number of aryl methyl sites for hydroxylation is 1. The van der Waals surface area contributed by atoms with Crippen LogP contribution in [-0.4, -0.2) is 40.2 Å². The smallest absolute Gasteiger partial charge is 0.253 e. The Balaban J connectivity index is 1.79. The van der Waals surface area contributed by atoms with Crippen LogP contribution in [0.5, 0.6) is 0 Å². The molecule has 0 radical (unpaired) electrons. The van der Waals surface area contributed by atoms with Crippen molar-refractivity contribution in [3.8, 4) is 5.69 Å². The van der Waals surface area contributed by atoms with Crippen molar-refractivity contribution in [1.29, 1.82) is 0 Å². The number of aromatic nitrogens is 2. The molecule has 1 saturated carbocycles. The lowest BCUT2D eigenvalue weighted by Gasteiger charge is -2.34. The molecule has 0 spiro atoms. The summed E-state index contributed by atoms with van der Waals surface area (Å²) in [6, 6.07) is 2.76. The third kappa shape index (κ3) is 5.02. The number of anilines is 1. The van der Waals surface area contributed by atoms with Gasteiger partial charge < -0.3 is 21.5 Å². The highest BCUT2D eigenvalue weighted by atomic mass is 19.1. The van der Waals surface area contributed by atoms with Crippen molar-refractivity contribution in [3.05, 3.63) is 52.8 Å². The zero-order valence-corrected chi connectivity index (χ0v) is 21.3. The zero-order valence-electron chi connectivity index (χ0n) is 21.3. The minimum Gasteiger partial charge on any atom is -0.492 e. The maximum atomic E-state index is 15.4. The molecule has 8 nitrogen and oxygen atoms in total. The quantitative estimate of drug-likeness (QED) is 0.473. The van der Waals surface area contributed by atoms with Gasteiger partial charge in [0.15, 0.2) is 5.78 Å². The third-order valence-corrected chi connectivity index (χ3v) is 7.11. The molecule has 1 heterocycles. The molecule has 0 aliphatic heterocycles. The van der Waals surface area contributed by atoms with Gasteiger partial charge in [0.05, 0.1) is 46.5 Å². The Morgan fingerprint density at radius 3 is 2.69 bits per heavy atom. The molecular weight excluding hydrogens is 461 g/mol. The number of ether oxygens (including phenoxy) is 1. The van der Waals surface area contributed by atoms with E-state index in [1.165, 1.54) is 6.07 Å². The highest BCUT2D eigenvalue weighted by Gasteiger charge is 2.37. The van der Waals surface area contributed by atoms with Crippen LogP contribution in [0.4, 0.5) is 10.1 Å². The number of carbonyl (C=O) groups excluding carboxylic acids is 2. The number of rotatable bonds is 8. The summed E-state index contributed by atoms with van der Waals surface area (Å²) in [7, 11) is 0. The summed E-state index contributed by atoms with van der Waals surface area (Å²) in [6.07, 6.45) is 4.94. The predicted molar refractivity (Wildman–Crippen MR) is 137 cm³/mol. The molecule has 1 amide bonds. The second-order valence-corrected chi connectivity index (χ2v) is 10.6. The van der Waals surface area contributed by atoms with Gasteiger partial charge in [-0.1, -0.05) is 33.8 Å². The lowest BCUT2D eigenvalue weighted by atomic mass is 9.75. The number of ketones is 1. The average Bonchev–Trinajstić information content (AvgIpc) is 3.17. The topological polar surface area (TPSA) is 125 Å². The van der Waals surface area contributed by atoms with Gasteiger partial charge in [-0.15, -0.1) is 0 Å². The van der Waals surface area contributed by atoms with Crippen LogP contribution in [0.25, 0.3) is 5.69 Å². The molecule has 5 N–H and O–H groups in total. The van der Waals surface area contributed by atoms with Crippen molar-refractivity contribution in [3.63, 3.8) is 0 Å². The van der Waals surface area contributed by atoms with Crippen LogP contribution < -0.4 is 16.8 Å². The van der Waals surface area contributed by atoms with Crippen molar-refractivity contribution in [2.75, 3.05) is 11.9 Å². The van der Waals surface area contributed by atoms with Crippen LogP contribution in [0.1, 0.15) is 85.0 Å². The Morgan fingerprint density at radius 2 is 2.03 bits per heavy atom. The lowest BCUT2D eigenvalue weighted by molar-refractivity contribution is 0.0713. The number of halogens is 1. The molecule has 4 rings (SSSR count). The van der Waals surface area contributed by atoms with E-state index in [0.717, 1.165) is 31.4 Å². The van der Waals surface area contributed by atoms with Crippen LogP contribution in [0.3, 0.4) is 0 Å². The Bertz CT molecular complexity index is 1200. The van der Waals surface area contributed by atoms with Gasteiger partial charge >= 0.3 is 0 Å². The van der Waals surface area contributed by atoms with Gasteiger partial charge in [0.1, 0.15) is 17.7 Å². The molecule has 2 aliphatic rings. The zero-order chi connectivity index (χ0) is 26.2. The first kappa shape index (κ1) is 25.9. The number of benzene rings is 1. The summed E-state index contributed by atoms with van der Waals surface area (Å²) in [5.41, 5.74) is 13.6. The number of Topliss-reactive ketones (excluding diaryl/α,β-unsaturated/α-hetero) is 1. The fourth-order valence-electron chi connectivity index (χ4n) is 5.43. The Labute approximate surface area is 211 Å². The maximum absolute atomic E-state index is 15.4. The van der Waals surface area contributed by atoms with Crippen molar-refractivity contribution < 1.29 is 18.7 Å².